The van der Waals surface area contributed by atoms with Crippen LogP contribution >= 0.6 is 0 Å². The molecule has 1 aromatic rings. The van der Waals surface area contributed by atoms with Gasteiger partial charge in [0.05, 0.1) is 12.1 Å². The number of benzene rings is 1. The Hall–Kier alpha value is -2.08. The number of nitrogens with two attached hydrogens (primary N) is 1. The molecular formula is C16H22N2O4. The van der Waals surface area contributed by atoms with Gasteiger partial charge >= 0.3 is 5.97 Å². The Bertz CT molecular complexity index is 573. The van der Waals surface area contributed by atoms with Gasteiger partial charge in [-0.1, -0.05) is 19.9 Å². The summed E-state index contributed by atoms with van der Waals surface area (Å²) in [7, 11) is 0. The molecule has 1 amide bonds. The van der Waals surface area contributed by atoms with Crippen LogP contribution in [0.25, 0.3) is 0 Å². The topological polar surface area (TPSA) is 92.9 Å². The average Bonchev–Trinajstić information content (AvgIpc) is 2.52. The van der Waals surface area contributed by atoms with Crippen molar-refractivity contribution in [3.63, 3.8) is 0 Å². The zero-order chi connectivity index (χ0) is 16.3. The number of carbonyl (C=O) groups excluding carboxylic acids is 1. The molecule has 1 heterocycles. The number of anilines is 1. The molecule has 120 valence electrons. The first-order chi connectivity index (χ1) is 10.5. The largest absolute Gasteiger partial charge is 0.481 e. The number of rotatable bonds is 6. The summed E-state index contributed by atoms with van der Waals surface area (Å²) in [6.07, 6.45) is 0.649. The number of aliphatic carboxylic acids is 1. The molecule has 2 unspecified atom stereocenters. The highest BCUT2D eigenvalue weighted by Gasteiger charge is 2.33. The number of nitrogens with zero attached hydrogens (tertiary/aromatic N) is 1. The number of carboxylic acid groups (broad SMARTS) is 1. The monoisotopic (exact) mass is 306 g/mol. The van der Waals surface area contributed by atoms with E-state index >= 15 is 0 Å². The summed E-state index contributed by atoms with van der Waals surface area (Å²) in [4.78, 5) is 24.8. The summed E-state index contributed by atoms with van der Waals surface area (Å²) >= 11 is 0. The van der Waals surface area contributed by atoms with Crippen LogP contribution in [0.15, 0.2) is 18.2 Å². The van der Waals surface area contributed by atoms with Crippen LogP contribution in [0.1, 0.15) is 44.7 Å². The molecule has 6 heteroatoms. The van der Waals surface area contributed by atoms with Crippen LogP contribution in [0.2, 0.25) is 0 Å². The number of carbonyl (C=O) groups is 2. The van der Waals surface area contributed by atoms with E-state index < -0.39 is 12.1 Å². The predicted octanol–water partition coefficient (Wildman–Crippen LogP) is 2.08. The van der Waals surface area contributed by atoms with Crippen LogP contribution < -0.4 is 15.4 Å². The Morgan fingerprint density at radius 3 is 2.77 bits per heavy atom. The SMILES string of the molecule is CCC1Oc2ccc(C(N)CC)cc2N(CCC(=O)O)C1=O. The predicted molar refractivity (Wildman–Crippen MR) is 83.0 cm³/mol. The van der Waals surface area contributed by atoms with Gasteiger partial charge in [-0.25, -0.2) is 0 Å². The van der Waals surface area contributed by atoms with Gasteiger partial charge in [-0.3, -0.25) is 9.59 Å². The van der Waals surface area contributed by atoms with Crippen molar-refractivity contribution in [1.29, 1.82) is 0 Å². The molecule has 0 aliphatic carbocycles. The van der Waals surface area contributed by atoms with Crippen molar-refractivity contribution in [3.8, 4) is 5.75 Å². The second kappa shape index (κ2) is 6.79. The molecule has 1 aliphatic rings. The van der Waals surface area contributed by atoms with Gasteiger partial charge in [-0.15, -0.1) is 0 Å². The summed E-state index contributed by atoms with van der Waals surface area (Å²) in [6, 6.07) is 5.41. The minimum Gasteiger partial charge on any atom is -0.481 e. The molecule has 2 rings (SSSR count). The quantitative estimate of drug-likeness (QED) is 0.839. The molecule has 0 spiro atoms. The van der Waals surface area contributed by atoms with Crippen LogP contribution in [0.3, 0.4) is 0 Å². The molecule has 2 atom stereocenters. The molecule has 0 bridgehead atoms. The highest BCUT2D eigenvalue weighted by Crippen LogP contribution is 2.37. The van der Waals surface area contributed by atoms with E-state index in [0.717, 1.165) is 12.0 Å². The molecule has 22 heavy (non-hydrogen) atoms. The molecule has 0 aromatic heterocycles. The van der Waals surface area contributed by atoms with Crippen molar-refractivity contribution in [2.45, 2.75) is 45.3 Å². The fraction of sp³-hybridized carbons (Fsp3) is 0.500. The highest BCUT2D eigenvalue weighted by atomic mass is 16.5. The summed E-state index contributed by atoms with van der Waals surface area (Å²) in [6.45, 7) is 3.98. The number of carboxylic acids is 1. The van der Waals surface area contributed by atoms with Crippen LogP contribution in [0, 0.1) is 0 Å². The first-order valence-corrected chi connectivity index (χ1v) is 7.57. The Labute approximate surface area is 129 Å². The van der Waals surface area contributed by atoms with Crippen LogP contribution in [0.4, 0.5) is 5.69 Å². The van der Waals surface area contributed by atoms with Crippen molar-refractivity contribution in [2.75, 3.05) is 11.4 Å². The Morgan fingerprint density at radius 2 is 2.18 bits per heavy atom. The third-order valence-corrected chi connectivity index (χ3v) is 3.87. The smallest absolute Gasteiger partial charge is 0.305 e. The fourth-order valence-corrected chi connectivity index (χ4v) is 2.50. The number of fused-ring (bicyclic) bond motifs is 1. The van der Waals surface area contributed by atoms with E-state index in [1.165, 1.54) is 4.90 Å². The van der Waals surface area contributed by atoms with Crippen LogP contribution in [-0.4, -0.2) is 29.6 Å². The number of amides is 1. The van der Waals surface area contributed by atoms with E-state index in [1.54, 1.807) is 0 Å². The van der Waals surface area contributed by atoms with Crippen molar-refractivity contribution in [2.24, 2.45) is 5.73 Å². The van der Waals surface area contributed by atoms with Crippen molar-refractivity contribution in [1.82, 2.24) is 0 Å². The van der Waals surface area contributed by atoms with Gasteiger partial charge in [0.25, 0.3) is 5.91 Å². The van der Waals surface area contributed by atoms with Gasteiger partial charge in [0.2, 0.25) is 0 Å². The minimum absolute atomic E-state index is 0.105. The number of ether oxygens (including phenoxy) is 1. The first kappa shape index (κ1) is 16.3. The molecule has 0 saturated heterocycles. The van der Waals surface area contributed by atoms with E-state index in [2.05, 4.69) is 0 Å². The summed E-state index contributed by atoms with van der Waals surface area (Å²) < 4.78 is 5.72. The Kier molecular flexibility index (Phi) is 5.03. The van der Waals surface area contributed by atoms with E-state index in [4.69, 9.17) is 15.6 Å². The Balaban J connectivity index is 2.38. The summed E-state index contributed by atoms with van der Waals surface area (Å²) in [5.74, 6) is -0.530. The van der Waals surface area contributed by atoms with Gasteiger partial charge in [0.15, 0.2) is 6.10 Å². The molecule has 6 nitrogen and oxygen atoms in total. The number of hydrogen-bond acceptors (Lipinski definition) is 4. The lowest BCUT2D eigenvalue weighted by Gasteiger charge is -2.34. The maximum Gasteiger partial charge on any atom is 0.305 e. The summed E-state index contributed by atoms with van der Waals surface area (Å²) in [5, 5.41) is 8.89. The molecular weight excluding hydrogens is 284 g/mol. The van der Waals surface area contributed by atoms with Gasteiger partial charge in [0, 0.05) is 12.6 Å². The van der Waals surface area contributed by atoms with Gasteiger partial charge in [-0.05, 0) is 30.5 Å². The zero-order valence-corrected chi connectivity index (χ0v) is 12.9. The Morgan fingerprint density at radius 1 is 1.45 bits per heavy atom. The third kappa shape index (κ3) is 3.22. The molecule has 1 aliphatic heterocycles. The van der Waals surface area contributed by atoms with Crippen molar-refractivity contribution < 1.29 is 19.4 Å². The molecule has 0 radical (unpaired) electrons. The lowest BCUT2D eigenvalue weighted by molar-refractivity contribution is -0.136. The highest BCUT2D eigenvalue weighted by molar-refractivity contribution is 6.00. The lowest BCUT2D eigenvalue weighted by Crippen LogP contribution is -2.46. The van der Waals surface area contributed by atoms with Crippen LogP contribution in [0.5, 0.6) is 5.75 Å². The van der Waals surface area contributed by atoms with Gasteiger partial charge in [0.1, 0.15) is 5.75 Å². The number of hydrogen-bond donors (Lipinski definition) is 2. The van der Waals surface area contributed by atoms with Crippen molar-refractivity contribution >= 4 is 17.6 Å². The second-order valence-electron chi connectivity index (χ2n) is 5.39. The zero-order valence-electron chi connectivity index (χ0n) is 12.9. The average molecular weight is 306 g/mol. The van der Waals surface area contributed by atoms with E-state index in [1.807, 2.05) is 32.0 Å². The maximum atomic E-state index is 12.5. The van der Waals surface area contributed by atoms with E-state index in [0.29, 0.717) is 17.9 Å². The van der Waals surface area contributed by atoms with Crippen LogP contribution in [-0.2, 0) is 9.59 Å². The fourth-order valence-electron chi connectivity index (χ4n) is 2.50. The van der Waals surface area contributed by atoms with Gasteiger partial charge < -0.3 is 20.5 Å². The maximum absolute atomic E-state index is 12.5. The molecule has 1 aromatic carbocycles. The normalized spacial score (nSPS) is 18.6. The lowest BCUT2D eigenvalue weighted by atomic mass is 10.0. The molecule has 0 fully saturated rings. The second-order valence-corrected chi connectivity index (χ2v) is 5.39. The van der Waals surface area contributed by atoms with E-state index in [-0.39, 0.29) is 24.9 Å². The molecule has 3 N–H and O–H groups in total. The minimum atomic E-state index is -0.935. The van der Waals surface area contributed by atoms with E-state index in [9.17, 15) is 9.59 Å². The first-order valence-electron chi connectivity index (χ1n) is 7.57. The standard InChI is InChI=1S/C16H22N2O4/c1-3-11(17)10-5-6-14-12(9-10)18(8-7-15(19)20)16(21)13(4-2)22-14/h5-6,9,11,13H,3-4,7-8,17H2,1-2H3,(H,19,20). The van der Waals surface area contributed by atoms with Crippen molar-refractivity contribution in [3.05, 3.63) is 23.8 Å². The van der Waals surface area contributed by atoms with Gasteiger partial charge in [-0.2, -0.15) is 0 Å². The summed E-state index contributed by atoms with van der Waals surface area (Å²) in [5.41, 5.74) is 7.56. The third-order valence-electron chi connectivity index (χ3n) is 3.87. The molecule has 0 saturated carbocycles.